The maximum atomic E-state index is 13.0. The number of hydrogen-bond acceptors (Lipinski definition) is 6. The summed E-state index contributed by atoms with van der Waals surface area (Å²) in [5.41, 5.74) is 1.35. The molecule has 1 aliphatic carbocycles. The summed E-state index contributed by atoms with van der Waals surface area (Å²) in [7, 11) is 0. The number of aromatic nitrogens is 3. The van der Waals surface area contributed by atoms with Gasteiger partial charge in [-0.25, -0.2) is 4.68 Å². The van der Waals surface area contributed by atoms with Gasteiger partial charge in [-0.1, -0.05) is 63.9 Å². The van der Waals surface area contributed by atoms with Crippen molar-refractivity contribution in [2.45, 2.75) is 96.0 Å². The molecule has 0 saturated heterocycles. The molecule has 1 saturated carbocycles. The lowest BCUT2D eigenvalue weighted by Gasteiger charge is -2.37. The van der Waals surface area contributed by atoms with Crippen LogP contribution in [-0.2, 0) is 16.8 Å². The fourth-order valence-corrected chi connectivity index (χ4v) is 4.92. The standard InChI is InChI=1S/C24H37N5O2S/c1-17(2)28(19-9-7-6-8-10-19)22(30)16-32-23-27-26-21(29(23)25)15-31-20-13-11-18(12-14-20)24(3,4)5/h11-14,17,19H,6-10,15-16,25H2,1-5H3. The maximum Gasteiger partial charge on any atom is 0.233 e. The molecule has 2 aromatic rings. The highest BCUT2D eigenvalue weighted by Gasteiger charge is 2.28. The van der Waals surface area contributed by atoms with Crippen molar-refractivity contribution in [2.24, 2.45) is 0 Å². The Hall–Kier alpha value is -2.22. The van der Waals surface area contributed by atoms with Crippen LogP contribution >= 0.6 is 11.8 Å². The fourth-order valence-electron chi connectivity index (χ4n) is 4.18. The van der Waals surface area contributed by atoms with Crippen molar-refractivity contribution in [3.63, 3.8) is 0 Å². The summed E-state index contributed by atoms with van der Waals surface area (Å²) in [5, 5.41) is 8.84. The van der Waals surface area contributed by atoms with Gasteiger partial charge in [0.05, 0.1) is 5.75 Å². The van der Waals surface area contributed by atoms with Gasteiger partial charge in [0.25, 0.3) is 0 Å². The molecule has 176 valence electrons. The van der Waals surface area contributed by atoms with Gasteiger partial charge in [-0.15, -0.1) is 10.2 Å². The third kappa shape index (κ3) is 6.18. The van der Waals surface area contributed by atoms with Crippen molar-refractivity contribution in [3.8, 4) is 5.75 Å². The van der Waals surface area contributed by atoms with E-state index in [9.17, 15) is 4.79 Å². The predicted molar refractivity (Wildman–Crippen MR) is 129 cm³/mol. The Morgan fingerprint density at radius 1 is 1.19 bits per heavy atom. The molecule has 0 aliphatic heterocycles. The molecule has 1 fully saturated rings. The average molecular weight is 460 g/mol. The molecule has 1 heterocycles. The summed E-state index contributed by atoms with van der Waals surface area (Å²) in [5.74, 6) is 7.90. The summed E-state index contributed by atoms with van der Waals surface area (Å²) >= 11 is 1.33. The highest BCUT2D eigenvalue weighted by molar-refractivity contribution is 7.99. The van der Waals surface area contributed by atoms with E-state index in [1.807, 2.05) is 12.1 Å². The molecule has 1 aromatic carbocycles. The van der Waals surface area contributed by atoms with Gasteiger partial charge in [0, 0.05) is 12.1 Å². The van der Waals surface area contributed by atoms with E-state index in [4.69, 9.17) is 10.6 Å². The van der Waals surface area contributed by atoms with Crippen LogP contribution in [0.5, 0.6) is 5.75 Å². The van der Waals surface area contributed by atoms with E-state index >= 15 is 0 Å². The van der Waals surface area contributed by atoms with Gasteiger partial charge in [0.1, 0.15) is 12.4 Å². The molecule has 7 nitrogen and oxygen atoms in total. The van der Waals surface area contributed by atoms with E-state index in [1.165, 1.54) is 41.3 Å². The first-order chi connectivity index (χ1) is 15.2. The van der Waals surface area contributed by atoms with Crippen LogP contribution in [0.15, 0.2) is 29.4 Å². The largest absolute Gasteiger partial charge is 0.486 e. The van der Waals surface area contributed by atoms with E-state index in [0.29, 0.717) is 22.8 Å². The van der Waals surface area contributed by atoms with Crippen molar-refractivity contribution in [3.05, 3.63) is 35.7 Å². The number of benzene rings is 1. The Bertz CT molecular complexity index is 883. The molecule has 0 radical (unpaired) electrons. The van der Waals surface area contributed by atoms with Gasteiger partial charge in [-0.2, -0.15) is 0 Å². The molecule has 32 heavy (non-hydrogen) atoms. The van der Waals surface area contributed by atoms with Crippen LogP contribution in [0.4, 0.5) is 0 Å². The van der Waals surface area contributed by atoms with Crippen molar-refractivity contribution in [1.29, 1.82) is 0 Å². The van der Waals surface area contributed by atoms with Crippen LogP contribution in [0.25, 0.3) is 0 Å². The molecule has 8 heteroatoms. The Labute approximate surface area is 196 Å². The zero-order chi connectivity index (χ0) is 23.3. The van der Waals surface area contributed by atoms with E-state index in [2.05, 4.69) is 61.8 Å². The maximum absolute atomic E-state index is 13.0. The van der Waals surface area contributed by atoms with E-state index in [1.54, 1.807) is 0 Å². The molecular weight excluding hydrogens is 422 g/mol. The zero-order valence-corrected chi connectivity index (χ0v) is 20.8. The number of amides is 1. The molecular formula is C24H37N5O2S. The smallest absolute Gasteiger partial charge is 0.233 e. The molecule has 0 spiro atoms. The molecule has 1 aliphatic rings. The lowest BCUT2D eigenvalue weighted by Crippen LogP contribution is -2.46. The lowest BCUT2D eigenvalue weighted by molar-refractivity contribution is -0.133. The van der Waals surface area contributed by atoms with E-state index < -0.39 is 0 Å². The Morgan fingerprint density at radius 3 is 2.44 bits per heavy atom. The number of hydrogen-bond donors (Lipinski definition) is 1. The van der Waals surface area contributed by atoms with Gasteiger partial charge in [0.15, 0.2) is 5.82 Å². The third-order valence-electron chi connectivity index (χ3n) is 5.96. The highest BCUT2D eigenvalue weighted by atomic mass is 32.2. The second-order valence-electron chi connectivity index (χ2n) is 9.81. The minimum absolute atomic E-state index is 0.0989. The van der Waals surface area contributed by atoms with Gasteiger partial charge in [0.2, 0.25) is 11.1 Å². The molecule has 0 unspecified atom stereocenters. The van der Waals surface area contributed by atoms with Gasteiger partial charge in [-0.3, -0.25) is 4.79 Å². The van der Waals surface area contributed by atoms with Crippen LogP contribution in [0, 0.1) is 0 Å². The molecule has 2 N–H and O–H groups in total. The molecule has 0 bridgehead atoms. The second-order valence-corrected chi connectivity index (χ2v) is 10.7. The Morgan fingerprint density at radius 2 is 1.84 bits per heavy atom. The molecule has 3 rings (SSSR count). The Balaban J connectivity index is 1.55. The summed E-state index contributed by atoms with van der Waals surface area (Å²) in [6, 6.07) is 8.59. The third-order valence-corrected chi connectivity index (χ3v) is 6.89. The normalized spacial score (nSPS) is 15.2. The average Bonchev–Trinajstić information content (AvgIpc) is 3.10. The minimum atomic E-state index is 0.0989. The monoisotopic (exact) mass is 459 g/mol. The van der Waals surface area contributed by atoms with Crippen LogP contribution < -0.4 is 10.6 Å². The number of thioether (sulfide) groups is 1. The minimum Gasteiger partial charge on any atom is -0.486 e. The number of carbonyl (C=O) groups excluding carboxylic acids is 1. The fraction of sp³-hybridized carbons (Fsp3) is 0.625. The van der Waals surface area contributed by atoms with Gasteiger partial charge >= 0.3 is 0 Å². The zero-order valence-electron chi connectivity index (χ0n) is 20.0. The topological polar surface area (TPSA) is 86.3 Å². The van der Waals surface area contributed by atoms with E-state index in [-0.39, 0.29) is 24.0 Å². The summed E-state index contributed by atoms with van der Waals surface area (Å²) in [6.07, 6.45) is 5.87. The quantitative estimate of drug-likeness (QED) is 0.461. The van der Waals surface area contributed by atoms with Crippen LogP contribution in [0.1, 0.15) is 78.1 Å². The first-order valence-electron chi connectivity index (χ1n) is 11.5. The SMILES string of the molecule is CC(C)N(C(=O)CSc1nnc(COc2ccc(C(C)(C)C)cc2)n1N)C1CCCCC1. The number of carbonyl (C=O) groups is 1. The van der Waals surface area contributed by atoms with Crippen LogP contribution in [0.3, 0.4) is 0 Å². The highest BCUT2D eigenvalue weighted by Crippen LogP contribution is 2.27. The van der Waals surface area contributed by atoms with Crippen LogP contribution in [0.2, 0.25) is 0 Å². The summed E-state index contributed by atoms with van der Waals surface area (Å²) in [4.78, 5) is 15.0. The molecule has 1 amide bonds. The summed E-state index contributed by atoms with van der Waals surface area (Å²) < 4.78 is 7.26. The van der Waals surface area contributed by atoms with Crippen molar-refractivity contribution >= 4 is 17.7 Å². The number of rotatable bonds is 8. The predicted octanol–water partition coefficient (Wildman–Crippen LogP) is 4.53. The summed E-state index contributed by atoms with van der Waals surface area (Å²) in [6.45, 7) is 10.9. The molecule has 0 atom stereocenters. The van der Waals surface area contributed by atoms with Crippen LogP contribution in [-0.4, -0.2) is 43.5 Å². The van der Waals surface area contributed by atoms with Gasteiger partial charge < -0.3 is 15.5 Å². The van der Waals surface area contributed by atoms with Crippen molar-refractivity contribution in [1.82, 2.24) is 19.8 Å². The number of nitrogens with two attached hydrogens (primary N) is 1. The van der Waals surface area contributed by atoms with Crippen molar-refractivity contribution < 1.29 is 9.53 Å². The second kappa shape index (κ2) is 10.6. The van der Waals surface area contributed by atoms with Crippen molar-refractivity contribution in [2.75, 3.05) is 11.6 Å². The number of ether oxygens (including phenoxy) is 1. The number of nitrogen functional groups attached to an aromatic ring is 1. The first-order valence-corrected chi connectivity index (χ1v) is 12.5. The van der Waals surface area contributed by atoms with Gasteiger partial charge in [-0.05, 0) is 49.8 Å². The van der Waals surface area contributed by atoms with E-state index in [0.717, 1.165) is 18.6 Å². The molecule has 1 aromatic heterocycles. The Kier molecular flexibility index (Phi) is 8.09. The number of nitrogens with zero attached hydrogens (tertiary/aromatic N) is 4. The lowest BCUT2D eigenvalue weighted by atomic mass is 9.87. The first kappa shape index (κ1) is 24.4.